The smallest absolute Gasteiger partial charge is 0.329 e. The first kappa shape index (κ1) is 11.4. The molecule has 2 saturated heterocycles. The van der Waals surface area contributed by atoms with Gasteiger partial charge in [0.05, 0.1) is 6.61 Å². The lowest BCUT2D eigenvalue weighted by molar-refractivity contribution is -0.185. The number of esters is 1. The number of cyclic esters (lactones) is 1. The van der Waals surface area contributed by atoms with Crippen LogP contribution in [0.1, 0.15) is 26.7 Å². The van der Waals surface area contributed by atoms with Gasteiger partial charge in [0.1, 0.15) is 6.04 Å². The van der Waals surface area contributed by atoms with Crippen molar-refractivity contribution in [3.63, 3.8) is 0 Å². The Bertz CT molecular complexity index is 326. The van der Waals surface area contributed by atoms with Crippen molar-refractivity contribution in [2.45, 2.75) is 38.8 Å². The van der Waals surface area contributed by atoms with Crippen molar-refractivity contribution in [1.29, 1.82) is 0 Å². The minimum absolute atomic E-state index is 0.166. The average molecular weight is 227 g/mol. The van der Waals surface area contributed by atoms with Gasteiger partial charge in [0.15, 0.2) is 6.10 Å². The molecule has 0 saturated carbocycles. The van der Waals surface area contributed by atoms with Gasteiger partial charge in [-0.05, 0) is 12.8 Å². The van der Waals surface area contributed by atoms with Gasteiger partial charge >= 0.3 is 5.97 Å². The average Bonchev–Trinajstić information content (AvgIpc) is 2.72. The number of hydrogen-bond donors (Lipinski definition) is 1. The van der Waals surface area contributed by atoms with Gasteiger partial charge in [0.2, 0.25) is 0 Å². The predicted octanol–water partition coefficient (Wildman–Crippen LogP) is -0.0787. The van der Waals surface area contributed by atoms with Crippen molar-refractivity contribution < 1.29 is 19.4 Å². The first-order valence-electron chi connectivity index (χ1n) is 5.59. The molecule has 2 heterocycles. The number of carbonyl (C=O) groups is 2. The largest absolute Gasteiger partial charge is 0.450 e. The summed E-state index contributed by atoms with van der Waals surface area (Å²) in [5.74, 6) is -0.496. The first-order chi connectivity index (χ1) is 7.47. The van der Waals surface area contributed by atoms with E-state index in [-0.39, 0.29) is 18.5 Å². The minimum atomic E-state index is -0.848. The zero-order valence-corrected chi connectivity index (χ0v) is 9.60. The van der Waals surface area contributed by atoms with Crippen LogP contribution in [-0.4, -0.2) is 47.2 Å². The van der Waals surface area contributed by atoms with Gasteiger partial charge in [0, 0.05) is 12.0 Å². The molecule has 0 aromatic rings. The van der Waals surface area contributed by atoms with Crippen LogP contribution in [0.25, 0.3) is 0 Å². The molecule has 5 heteroatoms. The molecule has 0 radical (unpaired) electrons. The Hall–Kier alpha value is -1.10. The van der Waals surface area contributed by atoms with Crippen LogP contribution < -0.4 is 0 Å². The fourth-order valence-electron chi connectivity index (χ4n) is 2.25. The Kier molecular flexibility index (Phi) is 2.66. The number of nitrogens with zero attached hydrogens (tertiary/aromatic N) is 1. The van der Waals surface area contributed by atoms with Gasteiger partial charge < -0.3 is 14.7 Å². The number of morpholine rings is 1. The van der Waals surface area contributed by atoms with E-state index in [2.05, 4.69) is 0 Å². The molecule has 1 amide bonds. The minimum Gasteiger partial charge on any atom is -0.450 e. The molecule has 2 unspecified atom stereocenters. The predicted molar refractivity (Wildman–Crippen MR) is 55.5 cm³/mol. The third-order valence-corrected chi connectivity index (χ3v) is 3.38. The molecule has 16 heavy (non-hydrogen) atoms. The number of ether oxygens (including phenoxy) is 1. The van der Waals surface area contributed by atoms with Crippen molar-refractivity contribution in [3.8, 4) is 0 Å². The van der Waals surface area contributed by atoms with Crippen LogP contribution in [0.15, 0.2) is 0 Å². The Morgan fingerprint density at radius 1 is 1.50 bits per heavy atom. The van der Waals surface area contributed by atoms with Crippen LogP contribution in [0.5, 0.6) is 0 Å². The normalized spacial score (nSPS) is 30.3. The molecule has 2 atom stereocenters. The number of fused-ring (bicyclic) bond motifs is 1. The topological polar surface area (TPSA) is 66.8 Å². The van der Waals surface area contributed by atoms with Crippen LogP contribution in [0.3, 0.4) is 0 Å². The fourth-order valence-corrected chi connectivity index (χ4v) is 2.25. The zero-order chi connectivity index (χ0) is 11.9. The molecular formula is C11H17NO4. The lowest BCUT2D eigenvalue weighted by Gasteiger charge is -2.39. The summed E-state index contributed by atoms with van der Waals surface area (Å²) >= 11 is 0. The summed E-state index contributed by atoms with van der Waals surface area (Å²) in [6.07, 6.45) is 0.689. The van der Waals surface area contributed by atoms with Crippen molar-refractivity contribution in [2.75, 3.05) is 13.2 Å². The first-order valence-corrected chi connectivity index (χ1v) is 5.59. The van der Waals surface area contributed by atoms with E-state index >= 15 is 0 Å². The summed E-state index contributed by atoms with van der Waals surface area (Å²) in [6.45, 7) is 3.88. The van der Waals surface area contributed by atoms with Crippen LogP contribution >= 0.6 is 0 Å². The molecule has 5 nitrogen and oxygen atoms in total. The van der Waals surface area contributed by atoms with Crippen molar-refractivity contribution in [3.05, 3.63) is 0 Å². The second-order valence-electron chi connectivity index (χ2n) is 5.15. The van der Waals surface area contributed by atoms with Crippen LogP contribution in [0.4, 0.5) is 0 Å². The van der Waals surface area contributed by atoms with E-state index < -0.39 is 17.6 Å². The second kappa shape index (κ2) is 3.73. The third kappa shape index (κ3) is 1.59. The molecule has 0 aromatic heterocycles. The van der Waals surface area contributed by atoms with Crippen molar-refractivity contribution in [1.82, 2.24) is 4.90 Å². The van der Waals surface area contributed by atoms with Crippen molar-refractivity contribution >= 4 is 11.9 Å². The van der Waals surface area contributed by atoms with Crippen LogP contribution in [0, 0.1) is 5.41 Å². The SMILES string of the molecule is CC(C)(CO)C1OC(=O)C2CCCN2C1=O. The van der Waals surface area contributed by atoms with E-state index in [0.717, 1.165) is 6.42 Å². The summed E-state index contributed by atoms with van der Waals surface area (Å²) in [6, 6.07) is -0.391. The standard InChI is InChI=1S/C11H17NO4/c1-11(2,6-13)8-9(14)12-5-3-4-7(12)10(15)16-8/h7-8,13H,3-6H2,1-2H3. The molecule has 0 aliphatic carbocycles. The Morgan fingerprint density at radius 2 is 2.19 bits per heavy atom. The van der Waals surface area contributed by atoms with Gasteiger partial charge in [0.25, 0.3) is 5.91 Å². The second-order valence-corrected chi connectivity index (χ2v) is 5.15. The monoisotopic (exact) mass is 227 g/mol. The lowest BCUT2D eigenvalue weighted by atomic mass is 9.85. The molecule has 0 bridgehead atoms. The Morgan fingerprint density at radius 3 is 2.81 bits per heavy atom. The molecular weight excluding hydrogens is 210 g/mol. The molecule has 90 valence electrons. The van der Waals surface area contributed by atoms with Gasteiger partial charge in [-0.3, -0.25) is 4.79 Å². The maximum Gasteiger partial charge on any atom is 0.329 e. The third-order valence-electron chi connectivity index (χ3n) is 3.38. The van der Waals surface area contributed by atoms with E-state index in [1.807, 2.05) is 0 Å². The molecule has 0 spiro atoms. The molecule has 0 aromatic carbocycles. The Balaban J connectivity index is 2.24. The van der Waals surface area contributed by atoms with Gasteiger partial charge in [-0.1, -0.05) is 13.8 Å². The van der Waals surface area contributed by atoms with E-state index in [0.29, 0.717) is 13.0 Å². The molecule has 2 fully saturated rings. The summed E-state index contributed by atoms with van der Waals surface area (Å²) in [5.41, 5.74) is -0.722. The van der Waals surface area contributed by atoms with E-state index in [4.69, 9.17) is 4.74 Å². The van der Waals surface area contributed by atoms with Gasteiger partial charge in [-0.25, -0.2) is 4.79 Å². The summed E-state index contributed by atoms with van der Waals surface area (Å²) in [4.78, 5) is 25.4. The Labute approximate surface area is 94.4 Å². The molecule has 2 aliphatic heterocycles. The highest BCUT2D eigenvalue weighted by molar-refractivity contribution is 5.93. The van der Waals surface area contributed by atoms with Gasteiger partial charge in [-0.2, -0.15) is 0 Å². The number of carbonyl (C=O) groups excluding carboxylic acids is 2. The number of aliphatic hydroxyl groups is 1. The zero-order valence-electron chi connectivity index (χ0n) is 9.60. The maximum atomic E-state index is 12.1. The summed E-state index contributed by atoms with van der Waals surface area (Å²) < 4.78 is 5.18. The van der Waals surface area contributed by atoms with Crippen molar-refractivity contribution in [2.24, 2.45) is 5.41 Å². The molecule has 2 aliphatic rings. The number of hydrogen-bond acceptors (Lipinski definition) is 4. The number of aliphatic hydroxyl groups excluding tert-OH is 1. The number of amides is 1. The van der Waals surface area contributed by atoms with Gasteiger partial charge in [-0.15, -0.1) is 0 Å². The van der Waals surface area contributed by atoms with E-state index in [9.17, 15) is 14.7 Å². The number of rotatable bonds is 2. The van der Waals surface area contributed by atoms with E-state index in [1.54, 1.807) is 18.7 Å². The van der Waals surface area contributed by atoms with Crippen LogP contribution in [0.2, 0.25) is 0 Å². The highest BCUT2D eigenvalue weighted by Crippen LogP contribution is 2.32. The molecule has 2 rings (SSSR count). The molecule has 1 N–H and O–H groups in total. The fraction of sp³-hybridized carbons (Fsp3) is 0.818. The summed E-state index contributed by atoms with van der Waals surface area (Å²) in [7, 11) is 0. The highest BCUT2D eigenvalue weighted by atomic mass is 16.6. The van der Waals surface area contributed by atoms with Crippen LogP contribution in [-0.2, 0) is 14.3 Å². The lowest BCUT2D eigenvalue weighted by Crippen LogP contribution is -2.58. The maximum absolute atomic E-state index is 12.1. The van der Waals surface area contributed by atoms with E-state index in [1.165, 1.54) is 0 Å². The highest BCUT2D eigenvalue weighted by Gasteiger charge is 2.50. The summed E-state index contributed by atoms with van der Waals surface area (Å²) in [5, 5.41) is 9.23. The quantitative estimate of drug-likeness (QED) is 0.670.